The van der Waals surface area contributed by atoms with Crippen LogP contribution in [0.15, 0.2) is 30.3 Å². The zero-order valence-electron chi connectivity index (χ0n) is 14.9. The van der Waals surface area contributed by atoms with Crippen molar-refractivity contribution in [3.8, 4) is 5.88 Å². The molecule has 0 bridgehead atoms. The highest BCUT2D eigenvalue weighted by atomic mass is 16.5. The zero-order chi connectivity index (χ0) is 17.4. The Morgan fingerprint density at radius 2 is 2.16 bits per heavy atom. The molecule has 0 radical (unpaired) electrons. The van der Waals surface area contributed by atoms with Crippen LogP contribution >= 0.6 is 0 Å². The molecule has 0 aliphatic carbocycles. The number of amides is 1. The number of methoxy groups -OCH3 is 1. The van der Waals surface area contributed by atoms with Gasteiger partial charge in [-0.15, -0.1) is 0 Å². The summed E-state index contributed by atoms with van der Waals surface area (Å²) in [4.78, 5) is 22.4. The summed E-state index contributed by atoms with van der Waals surface area (Å²) >= 11 is 0. The minimum absolute atomic E-state index is 0.0300. The van der Waals surface area contributed by atoms with Crippen molar-refractivity contribution in [3.05, 3.63) is 36.0 Å². The quantitative estimate of drug-likeness (QED) is 0.862. The minimum Gasteiger partial charge on any atom is -0.481 e. The Balaban J connectivity index is 1.68. The highest BCUT2D eigenvalue weighted by Crippen LogP contribution is 2.29. The first kappa shape index (κ1) is 16.3. The normalized spacial score (nSPS) is 23.7. The maximum Gasteiger partial charge on any atom is 0.272 e. The van der Waals surface area contributed by atoms with E-state index >= 15 is 0 Å². The first-order valence-electron chi connectivity index (χ1n) is 9.20. The molecule has 1 amide bonds. The fourth-order valence-electron chi connectivity index (χ4n) is 4.26. The van der Waals surface area contributed by atoms with Gasteiger partial charge in [0.05, 0.1) is 7.11 Å². The Bertz CT molecular complexity index is 792. The molecule has 2 atom stereocenters. The van der Waals surface area contributed by atoms with E-state index in [1.165, 1.54) is 19.4 Å². The van der Waals surface area contributed by atoms with Crippen LogP contribution in [0.25, 0.3) is 10.8 Å². The van der Waals surface area contributed by atoms with Gasteiger partial charge in [0.2, 0.25) is 5.88 Å². The lowest BCUT2D eigenvalue weighted by atomic mass is 10.0. The third-order valence-electron chi connectivity index (χ3n) is 5.64. The maximum absolute atomic E-state index is 13.3. The average molecular weight is 339 g/mol. The monoisotopic (exact) mass is 339 g/mol. The summed E-state index contributed by atoms with van der Waals surface area (Å²) in [6, 6.07) is 10.6. The lowest BCUT2D eigenvalue weighted by molar-refractivity contribution is 0.0340. The molecule has 0 unspecified atom stereocenters. The molecule has 5 nitrogen and oxygen atoms in total. The molecule has 2 aliphatic heterocycles. The van der Waals surface area contributed by atoms with Crippen molar-refractivity contribution in [2.24, 2.45) is 0 Å². The number of pyridine rings is 1. The Morgan fingerprint density at radius 3 is 2.96 bits per heavy atom. The third kappa shape index (κ3) is 2.86. The van der Waals surface area contributed by atoms with E-state index in [1.54, 1.807) is 7.11 Å². The van der Waals surface area contributed by atoms with Crippen LogP contribution in [-0.4, -0.2) is 59.5 Å². The van der Waals surface area contributed by atoms with Gasteiger partial charge in [-0.05, 0) is 43.3 Å². The Labute approximate surface area is 148 Å². The van der Waals surface area contributed by atoms with Gasteiger partial charge in [-0.1, -0.05) is 25.1 Å². The number of hydrogen-bond acceptors (Lipinski definition) is 4. The predicted octanol–water partition coefficient (Wildman–Crippen LogP) is 2.94. The van der Waals surface area contributed by atoms with Gasteiger partial charge in [-0.25, -0.2) is 4.98 Å². The standard InChI is InChI=1S/C20H25N3O2/c1-3-15-12-22-10-6-8-16(22)13-23(15)20(24)18-11-14-7-4-5-9-17(14)19(21-18)25-2/h4-5,7,9,11,15-16H,3,6,8,10,12-13H2,1-2H3/t15-,16+/m1/s1. The number of carbonyl (C=O) groups excluding carboxylic acids is 1. The summed E-state index contributed by atoms with van der Waals surface area (Å²) in [6.07, 6.45) is 3.40. The number of carbonyl (C=O) groups is 1. The molecule has 4 rings (SSSR count). The van der Waals surface area contributed by atoms with Crippen LogP contribution < -0.4 is 4.74 Å². The lowest BCUT2D eigenvalue weighted by Crippen LogP contribution is -2.57. The molecule has 132 valence electrons. The maximum atomic E-state index is 13.3. The van der Waals surface area contributed by atoms with E-state index in [0.717, 1.165) is 30.3 Å². The highest BCUT2D eigenvalue weighted by Gasteiger charge is 2.38. The van der Waals surface area contributed by atoms with Crippen LogP contribution in [0.4, 0.5) is 0 Å². The molecule has 2 aromatic rings. The molecule has 2 fully saturated rings. The van der Waals surface area contributed by atoms with Crippen LogP contribution in [-0.2, 0) is 0 Å². The van der Waals surface area contributed by atoms with E-state index in [4.69, 9.17) is 4.74 Å². The van der Waals surface area contributed by atoms with Crippen molar-refractivity contribution in [1.82, 2.24) is 14.8 Å². The van der Waals surface area contributed by atoms with Crippen LogP contribution in [0.2, 0.25) is 0 Å². The number of piperazine rings is 1. The average Bonchev–Trinajstić information content (AvgIpc) is 3.12. The summed E-state index contributed by atoms with van der Waals surface area (Å²) in [5, 5.41) is 1.93. The minimum atomic E-state index is 0.0300. The van der Waals surface area contributed by atoms with E-state index in [0.29, 0.717) is 17.6 Å². The van der Waals surface area contributed by atoms with Crippen LogP contribution in [0.1, 0.15) is 36.7 Å². The topological polar surface area (TPSA) is 45.7 Å². The molecule has 0 spiro atoms. The molecule has 3 heterocycles. The molecule has 25 heavy (non-hydrogen) atoms. The van der Waals surface area contributed by atoms with Gasteiger partial charge in [0.1, 0.15) is 5.69 Å². The van der Waals surface area contributed by atoms with Gasteiger partial charge < -0.3 is 9.64 Å². The van der Waals surface area contributed by atoms with E-state index in [2.05, 4.69) is 16.8 Å². The second-order valence-electron chi connectivity index (χ2n) is 7.05. The molecular formula is C20H25N3O2. The van der Waals surface area contributed by atoms with Gasteiger partial charge in [0.25, 0.3) is 5.91 Å². The Hall–Kier alpha value is -2.14. The lowest BCUT2D eigenvalue weighted by Gasteiger charge is -2.43. The smallest absolute Gasteiger partial charge is 0.272 e. The number of nitrogens with zero attached hydrogens (tertiary/aromatic N) is 3. The molecule has 2 aliphatic rings. The van der Waals surface area contributed by atoms with Crippen molar-refractivity contribution in [1.29, 1.82) is 0 Å². The first-order chi connectivity index (χ1) is 12.2. The van der Waals surface area contributed by atoms with Crippen LogP contribution in [0.3, 0.4) is 0 Å². The molecule has 2 saturated heterocycles. The summed E-state index contributed by atoms with van der Waals surface area (Å²) in [6.45, 7) is 5.13. The van der Waals surface area contributed by atoms with Gasteiger partial charge in [-0.3, -0.25) is 9.69 Å². The van der Waals surface area contributed by atoms with Crippen molar-refractivity contribution in [3.63, 3.8) is 0 Å². The van der Waals surface area contributed by atoms with E-state index in [9.17, 15) is 4.79 Å². The van der Waals surface area contributed by atoms with Gasteiger partial charge in [-0.2, -0.15) is 0 Å². The number of fused-ring (bicyclic) bond motifs is 2. The molecule has 0 N–H and O–H groups in total. The molecule has 1 aromatic heterocycles. The van der Waals surface area contributed by atoms with Gasteiger partial charge in [0.15, 0.2) is 0 Å². The number of hydrogen-bond donors (Lipinski definition) is 0. The molecular weight excluding hydrogens is 314 g/mol. The van der Waals surface area contributed by atoms with Crippen LogP contribution in [0, 0.1) is 0 Å². The van der Waals surface area contributed by atoms with E-state index < -0.39 is 0 Å². The summed E-state index contributed by atoms with van der Waals surface area (Å²) in [5.41, 5.74) is 0.487. The fourth-order valence-corrected chi connectivity index (χ4v) is 4.26. The highest BCUT2D eigenvalue weighted by molar-refractivity contribution is 5.98. The van der Waals surface area contributed by atoms with Crippen molar-refractivity contribution < 1.29 is 9.53 Å². The third-order valence-corrected chi connectivity index (χ3v) is 5.64. The predicted molar refractivity (Wildman–Crippen MR) is 98.0 cm³/mol. The van der Waals surface area contributed by atoms with Crippen molar-refractivity contribution >= 4 is 16.7 Å². The summed E-state index contributed by atoms with van der Waals surface area (Å²) in [7, 11) is 1.61. The Morgan fingerprint density at radius 1 is 1.32 bits per heavy atom. The van der Waals surface area contributed by atoms with Crippen molar-refractivity contribution in [2.45, 2.75) is 38.3 Å². The van der Waals surface area contributed by atoms with Gasteiger partial charge in [0, 0.05) is 30.6 Å². The number of benzene rings is 1. The number of rotatable bonds is 3. The van der Waals surface area contributed by atoms with E-state index in [1.807, 2.05) is 35.2 Å². The number of aromatic nitrogens is 1. The second kappa shape index (κ2) is 6.64. The fraction of sp³-hybridized carbons (Fsp3) is 0.500. The first-order valence-corrected chi connectivity index (χ1v) is 9.20. The van der Waals surface area contributed by atoms with Crippen LogP contribution in [0.5, 0.6) is 5.88 Å². The van der Waals surface area contributed by atoms with E-state index in [-0.39, 0.29) is 11.9 Å². The molecule has 0 saturated carbocycles. The SMILES string of the molecule is CC[C@@H]1CN2CCC[C@H]2CN1C(=O)c1cc2ccccc2c(OC)n1. The number of ether oxygens (including phenoxy) is 1. The summed E-state index contributed by atoms with van der Waals surface area (Å²) < 4.78 is 5.44. The largest absolute Gasteiger partial charge is 0.481 e. The molecule has 5 heteroatoms. The molecule has 1 aromatic carbocycles. The Kier molecular flexibility index (Phi) is 4.34. The second-order valence-corrected chi connectivity index (χ2v) is 7.05. The zero-order valence-corrected chi connectivity index (χ0v) is 14.9. The van der Waals surface area contributed by atoms with Gasteiger partial charge >= 0.3 is 0 Å². The summed E-state index contributed by atoms with van der Waals surface area (Å²) in [5.74, 6) is 0.552. The van der Waals surface area contributed by atoms with Crippen molar-refractivity contribution in [2.75, 3.05) is 26.7 Å².